The van der Waals surface area contributed by atoms with E-state index in [1.54, 1.807) is 0 Å². The van der Waals surface area contributed by atoms with E-state index in [9.17, 15) is 0 Å². The van der Waals surface area contributed by atoms with Crippen LogP contribution in [0.25, 0.3) is 22.3 Å². The van der Waals surface area contributed by atoms with E-state index >= 15 is 0 Å². The average Bonchev–Trinajstić information content (AvgIpc) is 2.87. The zero-order valence-electron chi connectivity index (χ0n) is 18.0. The maximum atomic E-state index is 6.72. The predicted molar refractivity (Wildman–Crippen MR) is 212 cm³/mol. The Morgan fingerprint density at radius 2 is 0.615 bits per heavy atom. The molecule has 0 bridgehead atoms. The van der Waals surface area contributed by atoms with Gasteiger partial charge in [0.2, 0.25) is 0 Å². The summed E-state index contributed by atoms with van der Waals surface area (Å²) in [6.07, 6.45) is 0. The zero-order valence-corrected chi connectivity index (χ0v) is 40.2. The smallest absolute Gasteiger partial charge is 0.157 e. The molecule has 0 amide bonds. The molecule has 0 unspecified atom stereocenters. The van der Waals surface area contributed by atoms with Crippen molar-refractivity contribution in [3.63, 3.8) is 0 Å². The fraction of sp³-hybridized carbons (Fsp3) is 0. The molecule has 0 fully saturated rings. The van der Waals surface area contributed by atoms with E-state index in [2.05, 4.69) is 223 Å². The van der Waals surface area contributed by atoms with Gasteiger partial charge in [-0.15, -0.1) is 0 Å². The van der Waals surface area contributed by atoms with Crippen molar-refractivity contribution in [2.45, 2.75) is 0 Å². The molecular formula is C24H4Br14O. The van der Waals surface area contributed by atoms with E-state index in [0.717, 1.165) is 84.9 Å². The standard InChI is InChI=1S/C24H4Br14O/c25-7-3-11(29)9(27)1-5(7)13-15(31)19(35)21(37)23(17(13)33)39-24-18(34)14(16(32)20(36)22(24)38)6-2-10(28)12(30)4-8(6)26/h1-4H. The molecule has 0 atom stereocenters. The number of halogens is 14. The molecule has 0 saturated carbocycles. The van der Waals surface area contributed by atoms with Crippen molar-refractivity contribution in [3.05, 3.63) is 86.9 Å². The highest BCUT2D eigenvalue weighted by Crippen LogP contribution is 2.57. The monoisotopic (exact) mass is 1410 g/mol. The number of hydrogen-bond donors (Lipinski definition) is 0. The lowest BCUT2D eigenvalue weighted by atomic mass is 10.0. The van der Waals surface area contributed by atoms with Crippen LogP contribution in [0.15, 0.2) is 86.9 Å². The van der Waals surface area contributed by atoms with Gasteiger partial charge >= 0.3 is 0 Å². The Hall–Kier alpha value is 3.40. The van der Waals surface area contributed by atoms with Crippen LogP contribution in [-0.4, -0.2) is 0 Å². The fourth-order valence-electron chi connectivity index (χ4n) is 3.41. The molecule has 0 aliphatic carbocycles. The summed E-state index contributed by atoms with van der Waals surface area (Å²) >= 11 is 52.0. The van der Waals surface area contributed by atoms with Gasteiger partial charge in [-0.3, -0.25) is 0 Å². The molecule has 0 N–H and O–H groups in total. The van der Waals surface area contributed by atoms with Crippen LogP contribution in [0.4, 0.5) is 0 Å². The third-order valence-electron chi connectivity index (χ3n) is 5.21. The minimum atomic E-state index is 0.573. The first-order valence-electron chi connectivity index (χ1n) is 9.86. The van der Waals surface area contributed by atoms with E-state index in [-0.39, 0.29) is 0 Å². The third-order valence-corrected chi connectivity index (χ3v) is 18.5. The second-order valence-corrected chi connectivity index (χ2v) is 19.0. The number of ether oxygens (including phenoxy) is 1. The zero-order chi connectivity index (χ0) is 29.1. The van der Waals surface area contributed by atoms with Crippen LogP contribution in [-0.2, 0) is 0 Å². The minimum Gasteiger partial charge on any atom is -0.452 e. The van der Waals surface area contributed by atoms with Crippen molar-refractivity contribution in [2.24, 2.45) is 0 Å². The molecule has 1 nitrogen and oxygen atoms in total. The second-order valence-electron chi connectivity index (χ2n) is 7.51. The van der Waals surface area contributed by atoms with Crippen molar-refractivity contribution >= 4 is 223 Å². The lowest BCUT2D eigenvalue weighted by molar-refractivity contribution is 0.470. The summed E-state index contributed by atoms with van der Waals surface area (Å²) in [5.74, 6) is 1.15. The molecule has 0 aliphatic heterocycles. The average molecular weight is 1430 g/mol. The molecule has 4 rings (SSSR count). The van der Waals surface area contributed by atoms with Gasteiger partial charge < -0.3 is 4.74 Å². The quantitative estimate of drug-likeness (QED) is 0.146. The van der Waals surface area contributed by atoms with Crippen LogP contribution < -0.4 is 4.74 Å². The van der Waals surface area contributed by atoms with Gasteiger partial charge in [-0.25, -0.2) is 0 Å². The topological polar surface area (TPSA) is 9.23 Å². The van der Waals surface area contributed by atoms with Gasteiger partial charge in [-0.2, -0.15) is 0 Å². The summed E-state index contributed by atoms with van der Waals surface area (Å²) in [6, 6.07) is 8.06. The summed E-state index contributed by atoms with van der Waals surface area (Å²) in [5, 5.41) is 0. The first kappa shape index (κ1) is 35.3. The van der Waals surface area contributed by atoms with Crippen molar-refractivity contribution in [3.8, 4) is 33.8 Å². The van der Waals surface area contributed by atoms with Crippen LogP contribution in [0, 0.1) is 0 Å². The van der Waals surface area contributed by atoms with Crippen LogP contribution in [0.2, 0.25) is 0 Å². The Kier molecular flexibility index (Phi) is 13.1. The molecule has 0 saturated heterocycles. The normalized spacial score (nSPS) is 11.3. The Morgan fingerprint density at radius 3 is 0.949 bits per heavy atom. The largest absolute Gasteiger partial charge is 0.452 e. The van der Waals surface area contributed by atoms with Gasteiger partial charge in [-0.1, -0.05) is 31.9 Å². The van der Waals surface area contributed by atoms with Crippen molar-refractivity contribution in [1.82, 2.24) is 0 Å². The van der Waals surface area contributed by atoms with E-state index in [0.29, 0.717) is 11.5 Å². The predicted octanol–water partition coefficient (Wildman–Crippen LogP) is 17.5. The fourth-order valence-corrected chi connectivity index (χ4v) is 12.4. The summed E-state index contributed by atoms with van der Waals surface area (Å²) in [4.78, 5) is 0. The van der Waals surface area contributed by atoms with E-state index in [1.165, 1.54) is 0 Å². The Labute approximate surface area is 342 Å². The van der Waals surface area contributed by atoms with E-state index in [1.807, 2.05) is 24.3 Å². The number of benzene rings is 4. The Balaban J connectivity index is 2.00. The molecular weight excluding hydrogens is 1420 g/mol. The summed E-state index contributed by atoms with van der Waals surface area (Å²) < 4.78 is 18.5. The van der Waals surface area contributed by atoms with Crippen LogP contribution >= 0.6 is 223 Å². The van der Waals surface area contributed by atoms with Crippen LogP contribution in [0.3, 0.4) is 0 Å². The second kappa shape index (κ2) is 14.4. The van der Waals surface area contributed by atoms with E-state index < -0.39 is 0 Å². The molecule has 4 aromatic carbocycles. The van der Waals surface area contributed by atoms with E-state index in [4.69, 9.17) is 4.74 Å². The van der Waals surface area contributed by atoms with Gasteiger partial charge in [0.25, 0.3) is 0 Å². The van der Waals surface area contributed by atoms with Gasteiger partial charge in [0, 0.05) is 46.9 Å². The lowest BCUT2D eigenvalue weighted by Crippen LogP contribution is -1.98. The number of hydrogen-bond acceptors (Lipinski definition) is 1. The van der Waals surface area contributed by atoms with Crippen molar-refractivity contribution in [2.75, 3.05) is 0 Å². The molecule has 204 valence electrons. The highest BCUT2D eigenvalue weighted by molar-refractivity contribution is 9.15. The molecule has 4 aromatic rings. The third kappa shape index (κ3) is 7.06. The molecule has 39 heavy (non-hydrogen) atoms. The minimum absolute atomic E-state index is 0.573. The SMILES string of the molecule is Brc1cc(Br)c(-c2c(Br)c(Br)c(Br)c(Oc3c(Br)c(Br)c(Br)c(-c4cc(Br)c(Br)cc4Br)c3Br)c2Br)cc1Br. The molecule has 0 spiro atoms. The van der Waals surface area contributed by atoms with Gasteiger partial charge in [-0.05, 0) is 227 Å². The Bertz CT molecular complexity index is 1560. The maximum Gasteiger partial charge on any atom is 0.157 e. The van der Waals surface area contributed by atoms with Crippen molar-refractivity contribution < 1.29 is 4.74 Å². The first-order valence-corrected chi connectivity index (χ1v) is 21.0. The maximum absolute atomic E-state index is 6.72. The van der Waals surface area contributed by atoms with Crippen molar-refractivity contribution in [1.29, 1.82) is 0 Å². The van der Waals surface area contributed by atoms with Gasteiger partial charge in [0.15, 0.2) is 11.5 Å². The van der Waals surface area contributed by atoms with Crippen LogP contribution in [0.5, 0.6) is 11.5 Å². The molecule has 0 aromatic heterocycles. The molecule has 0 aliphatic rings. The molecule has 15 heteroatoms. The van der Waals surface area contributed by atoms with Gasteiger partial charge in [0.1, 0.15) is 0 Å². The molecule has 0 heterocycles. The Morgan fingerprint density at radius 1 is 0.308 bits per heavy atom. The summed E-state index contributed by atoms with van der Waals surface area (Å²) in [7, 11) is 0. The summed E-state index contributed by atoms with van der Waals surface area (Å²) in [6.45, 7) is 0. The summed E-state index contributed by atoms with van der Waals surface area (Å²) in [5.41, 5.74) is 3.68. The number of rotatable bonds is 4. The first-order chi connectivity index (χ1) is 18.2. The molecule has 0 radical (unpaired) electrons. The van der Waals surface area contributed by atoms with Gasteiger partial charge in [0.05, 0.1) is 26.8 Å². The lowest BCUT2D eigenvalue weighted by Gasteiger charge is -2.22. The highest BCUT2D eigenvalue weighted by Gasteiger charge is 2.28. The van der Waals surface area contributed by atoms with Crippen LogP contribution in [0.1, 0.15) is 0 Å². The highest BCUT2D eigenvalue weighted by atomic mass is 79.9.